The average Bonchev–Trinajstić information content (AvgIpc) is 2.85. The molecule has 18 heavy (non-hydrogen) atoms. The summed E-state index contributed by atoms with van der Waals surface area (Å²) in [6.07, 6.45) is 0. The summed E-state index contributed by atoms with van der Waals surface area (Å²) in [6.45, 7) is 1.78. The van der Waals surface area contributed by atoms with Crippen LogP contribution in [-0.2, 0) is 13.1 Å². The molecule has 4 heteroatoms. The predicted octanol–water partition coefficient (Wildman–Crippen LogP) is 2.93. The highest BCUT2D eigenvalue weighted by atomic mass is 32.1. The fraction of sp³-hybridized carbons (Fsp3) is 0.429. The van der Waals surface area contributed by atoms with Crippen LogP contribution in [0.3, 0.4) is 0 Å². The molecule has 0 fully saturated rings. The van der Waals surface area contributed by atoms with Gasteiger partial charge in [0.05, 0.1) is 11.9 Å². The van der Waals surface area contributed by atoms with Crippen molar-refractivity contribution in [2.24, 2.45) is 0 Å². The molecule has 1 radical (unpaired) electrons. The van der Waals surface area contributed by atoms with Gasteiger partial charge < -0.3 is 14.2 Å². The van der Waals surface area contributed by atoms with E-state index in [0.29, 0.717) is 0 Å². The van der Waals surface area contributed by atoms with Crippen LogP contribution >= 0.6 is 11.3 Å². The number of furan rings is 1. The smallest absolute Gasteiger partial charge is 0.135 e. The Balaban J connectivity index is 2.11. The van der Waals surface area contributed by atoms with Crippen LogP contribution in [0.1, 0.15) is 10.6 Å². The van der Waals surface area contributed by atoms with Crippen LogP contribution in [0.15, 0.2) is 22.6 Å². The maximum absolute atomic E-state index is 5.82. The van der Waals surface area contributed by atoms with Crippen LogP contribution in [0, 0.1) is 5.38 Å². The normalized spacial score (nSPS) is 11.7. The van der Waals surface area contributed by atoms with Crippen molar-refractivity contribution < 1.29 is 4.42 Å². The molecule has 0 saturated heterocycles. The van der Waals surface area contributed by atoms with E-state index in [0.717, 1.165) is 30.2 Å². The average molecular weight is 263 g/mol. The van der Waals surface area contributed by atoms with Gasteiger partial charge in [0.25, 0.3) is 0 Å². The Morgan fingerprint density at radius 3 is 2.50 bits per heavy atom. The number of rotatable bonds is 5. The van der Waals surface area contributed by atoms with E-state index in [1.807, 2.05) is 26.2 Å². The lowest BCUT2D eigenvalue weighted by Crippen LogP contribution is -2.09. The molecule has 0 atom stereocenters. The highest BCUT2D eigenvalue weighted by molar-refractivity contribution is 7.09. The summed E-state index contributed by atoms with van der Waals surface area (Å²) in [4.78, 5) is 5.56. The summed E-state index contributed by atoms with van der Waals surface area (Å²) in [7, 11) is 8.21. The molecular formula is C14H19N2OS. The zero-order valence-corrected chi connectivity index (χ0v) is 12.2. The van der Waals surface area contributed by atoms with Gasteiger partial charge in [-0.2, -0.15) is 0 Å². The van der Waals surface area contributed by atoms with E-state index in [-0.39, 0.29) is 0 Å². The number of hydrogen-bond acceptors (Lipinski definition) is 4. The predicted molar refractivity (Wildman–Crippen MR) is 75.6 cm³/mol. The first kappa shape index (κ1) is 13.3. The minimum absolute atomic E-state index is 0.828. The van der Waals surface area contributed by atoms with Gasteiger partial charge in [-0.3, -0.25) is 0 Å². The van der Waals surface area contributed by atoms with E-state index >= 15 is 0 Å². The minimum atomic E-state index is 0.828. The fourth-order valence-electron chi connectivity index (χ4n) is 1.77. The molecule has 0 unspecified atom stereocenters. The quantitative estimate of drug-likeness (QED) is 0.827. The highest BCUT2D eigenvalue weighted by Gasteiger charge is 2.09. The van der Waals surface area contributed by atoms with Gasteiger partial charge in [0, 0.05) is 17.0 Å². The van der Waals surface area contributed by atoms with Crippen molar-refractivity contribution >= 4 is 11.3 Å². The summed E-state index contributed by atoms with van der Waals surface area (Å²) in [5, 5.41) is 3.30. The van der Waals surface area contributed by atoms with Gasteiger partial charge in [0.15, 0.2) is 0 Å². The van der Waals surface area contributed by atoms with Crippen molar-refractivity contribution in [2.45, 2.75) is 13.1 Å². The summed E-state index contributed by atoms with van der Waals surface area (Å²) in [6, 6.07) is 6.21. The van der Waals surface area contributed by atoms with Crippen LogP contribution in [0.5, 0.6) is 0 Å². The lowest BCUT2D eigenvalue weighted by atomic mass is 10.2. The fourth-order valence-corrected chi connectivity index (χ4v) is 2.67. The molecule has 2 aromatic rings. The van der Waals surface area contributed by atoms with Gasteiger partial charge in [-0.1, -0.05) is 0 Å². The molecular weight excluding hydrogens is 244 g/mol. The summed E-state index contributed by atoms with van der Waals surface area (Å²) < 4.78 is 5.82. The van der Waals surface area contributed by atoms with Crippen molar-refractivity contribution in [3.8, 4) is 11.3 Å². The van der Waals surface area contributed by atoms with E-state index in [2.05, 4.69) is 35.3 Å². The molecule has 0 bridgehead atoms. The lowest BCUT2D eigenvalue weighted by Gasteiger charge is -2.06. The molecule has 0 aliphatic heterocycles. The first-order valence-electron chi connectivity index (χ1n) is 5.93. The molecule has 97 valence electrons. The molecule has 0 N–H and O–H groups in total. The molecule has 3 nitrogen and oxygen atoms in total. The number of thiophene rings is 1. The molecule has 0 saturated carbocycles. The molecule has 0 amide bonds. The van der Waals surface area contributed by atoms with Crippen molar-refractivity contribution in [1.82, 2.24) is 9.80 Å². The second-order valence-electron chi connectivity index (χ2n) is 4.97. The van der Waals surface area contributed by atoms with Crippen LogP contribution in [-0.4, -0.2) is 38.0 Å². The Morgan fingerprint density at radius 2 is 1.83 bits per heavy atom. The number of nitrogens with zero attached hydrogens (tertiary/aromatic N) is 2. The monoisotopic (exact) mass is 263 g/mol. The molecule has 2 aromatic heterocycles. The van der Waals surface area contributed by atoms with E-state index in [9.17, 15) is 0 Å². The Morgan fingerprint density at radius 1 is 1.11 bits per heavy atom. The maximum Gasteiger partial charge on any atom is 0.135 e. The van der Waals surface area contributed by atoms with Crippen LogP contribution in [0.4, 0.5) is 0 Å². The Labute approximate surface area is 113 Å². The minimum Gasteiger partial charge on any atom is -0.460 e. The standard InChI is InChI=1S/C14H19N2OS/c1-15(2)8-12-5-6-14(17-12)11-7-13(18-10-11)9-16(3)4/h5-7H,8-9H2,1-4H3. The first-order chi connectivity index (χ1) is 8.54. The molecule has 0 aliphatic rings. The van der Waals surface area contributed by atoms with E-state index < -0.39 is 0 Å². The zero-order chi connectivity index (χ0) is 13.1. The molecule has 0 aromatic carbocycles. The van der Waals surface area contributed by atoms with Gasteiger partial charge >= 0.3 is 0 Å². The molecule has 0 aliphatic carbocycles. The van der Waals surface area contributed by atoms with Crippen molar-refractivity contribution in [3.63, 3.8) is 0 Å². The van der Waals surface area contributed by atoms with Crippen LogP contribution < -0.4 is 0 Å². The molecule has 0 spiro atoms. The van der Waals surface area contributed by atoms with Crippen LogP contribution in [0.2, 0.25) is 0 Å². The van der Waals surface area contributed by atoms with Gasteiger partial charge in [0.1, 0.15) is 11.5 Å². The Hall–Kier alpha value is -1.10. The third-order valence-corrected chi connectivity index (χ3v) is 3.30. The summed E-state index contributed by atoms with van der Waals surface area (Å²) >= 11 is 1.66. The Bertz CT molecular complexity index is 453. The van der Waals surface area contributed by atoms with Crippen LogP contribution in [0.25, 0.3) is 11.3 Å². The molecule has 2 rings (SSSR count). The third-order valence-electron chi connectivity index (χ3n) is 2.47. The summed E-state index contributed by atoms with van der Waals surface area (Å²) in [5.41, 5.74) is 1.06. The first-order valence-corrected chi connectivity index (χ1v) is 6.75. The number of hydrogen-bond donors (Lipinski definition) is 0. The van der Waals surface area contributed by atoms with Crippen molar-refractivity contribution in [1.29, 1.82) is 0 Å². The van der Waals surface area contributed by atoms with E-state index in [1.165, 1.54) is 4.88 Å². The van der Waals surface area contributed by atoms with Gasteiger partial charge in [-0.15, -0.1) is 11.3 Å². The van der Waals surface area contributed by atoms with Crippen molar-refractivity contribution in [2.75, 3.05) is 28.2 Å². The van der Waals surface area contributed by atoms with Gasteiger partial charge in [0.2, 0.25) is 0 Å². The maximum atomic E-state index is 5.82. The zero-order valence-electron chi connectivity index (χ0n) is 11.4. The summed E-state index contributed by atoms with van der Waals surface area (Å²) in [5.74, 6) is 1.90. The van der Waals surface area contributed by atoms with E-state index in [4.69, 9.17) is 4.42 Å². The second-order valence-corrected chi connectivity index (χ2v) is 5.90. The van der Waals surface area contributed by atoms with E-state index in [1.54, 1.807) is 11.3 Å². The second kappa shape index (κ2) is 5.69. The lowest BCUT2D eigenvalue weighted by molar-refractivity contribution is 0.353. The largest absolute Gasteiger partial charge is 0.460 e. The third kappa shape index (κ3) is 3.45. The topological polar surface area (TPSA) is 19.6 Å². The van der Waals surface area contributed by atoms with Gasteiger partial charge in [-0.05, 0) is 46.4 Å². The highest BCUT2D eigenvalue weighted by Crippen LogP contribution is 2.27. The Kier molecular flexibility index (Phi) is 4.22. The van der Waals surface area contributed by atoms with Crippen molar-refractivity contribution in [3.05, 3.63) is 34.2 Å². The molecule has 2 heterocycles. The van der Waals surface area contributed by atoms with Gasteiger partial charge in [-0.25, -0.2) is 0 Å². The SMILES string of the molecule is CN(C)Cc1ccc(-c2[c]sc(CN(C)C)c2)o1.